The Morgan fingerprint density at radius 1 is 0.488 bits per heavy atom. The van der Waals surface area contributed by atoms with Crippen molar-refractivity contribution >= 4 is 22.8 Å². The number of aromatic nitrogens is 1. The van der Waals surface area contributed by atoms with Gasteiger partial charge in [-0.05, 0) is 98.2 Å². The molecule has 3 rings (SSSR count). The molecule has 0 unspecified atom stereocenters. The molecule has 0 aliphatic heterocycles. The molecular weight excluding hydrogens is 632 g/mol. The van der Waals surface area contributed by atoms with Crippen LogP contribution in [0.15, 0.2) is 46.4 Å². The van der Waals surface area contributed by atoms with Crippen LogP contribution in [0.4, 0.5) is 11.4 Å². The normalized spacial score (nSPS) is 11.7. The van der Waals surface area contributed by atoms with Crippen molar-refractivity contribution < 1.29 is 55.8 Å². The number of hydrogen-bond acceptors (Lipinski definition) is 3. The zero-order valence-corrected chi connectivity index (χ0v) is 31.9. The van der Waals surface area contributed by atoms with Gasteiger partial charge in [-0.3, -0.25) is 9.98 Å². The van der Waals surface area contributed by atoms with Crippen LogP contribution in [0.3, 0.4) is 0 Å². The fraction of sp³-hybridized carbons (Fsp3) is 0.472. The molecule has 0 fully saturated rings. The van der Waals surface area contributed by atoms with Crippen molar-refractivity contribution in [3.8, 4) is 0 Å². The average molecular weight is 681 g/mol. The number of rotatable bonds is 8. The van der Waals surface area contributed by atoms with E-state index in [4.69, 9.17) is 15.0 Å². The minimum atomic E-state index is 0. The van der Waals surface area contributed by atoms with Crippen molar-refractivity contribution in [1.82, 2.24) is 4.98 Å². The number of aliphatic imine (C=N–C) groups is 2. The maximum Gasteiger partial charge on any atom is 0.0852 e. The molecule has 1 radical (unpaired) electrons. The number of hydrogen-bond donors (Lipinski definition) is 0. The topological polar surface area (TPSA) is 37.6 Å². The molecule has 7 heteroatoms. The Balaban J connectivity index is 0. The number of benzene rings is 2. The third-order valence-electron chi connectivity index (χ3n) is 7.38. The molecule has 0 atom stereocenters. The summed E-state index contributed by atoms with van der Waals surface area (Å²) in [6.07, 6.45) is 0. The first-order chi connectivity index (χ1) is 18.2. The van der Waals surface area contributed by atoms with E-state index >= 15 is 0 Å². The van der Waals surface area contributed by atoms with Gasteiger partial charge in [0.15, 0.2) is 0 Å². The largest absolute Gasteiger partial charge is 1.00 e. The molecule has 3 nitrogen and oxygen atoms in total. The number of nitrogens with zero attached hydrogens (tertiary/aromatic N) is 3. The summed E-state index contributed by atoms with van der Waals surface area (Å²) in [7, 11) is 0. The fourth-order valence-corrected chi connectivity index (χ4v) is 5.18. The molecule has 2 aromatic carbocycles. The second-order valence-electron chi connectivity index (χ2n) is 12.5. The zero-order valence-electron chi connectivity index (χ0n) is 28.2. The predicted molar refractivity (Wildman–Crippen MR) is 171 cm³/mol. The minimum Gasteiger partial charge on any atom is -1.00 e. The van der Waals surface area contributed by atoms with Gasteiger partial charge in [0, 0.05) is 18.6 Å². The minimum absolute atomic E-state index is 0. The van der Waals surface area contributed by atoms with Gasteiger partial charge in [0.05, 0.1) is 34.2 Å². The van der Waals surface area contributed by atoms with Gasteiger partial charge in [0.1, 0.15) is 0 Å². The van der Waals surface area contributed by atoms with Crippen LogP contribution in [0.5, 0.6) is 0 Å². The summed E-state index contributed by atoms with van der Waals surface area (Å²) >= 11 is 0. The SMILES string of the molecule is CC(=Nc1c(C(C)C)cc(C)cc1C(C)C)c1cc(C)cc(C(C)=Nc2c(C(C)C)cc(C)cc2C(C)C)n1.[Cl-].[Cl-].[Cl-].[V]. The van der Waals surface area contributed by atoms with Crippen LogP contribution in [-0.4, -0.2) is 16.4 Å². The second kappa shape index (κ2) is 18.4. The van der Waals surface area contributed by atoms with Gasteiger partial charge >= 0.3 is 0 Å². The summed E-state index contributed by atoms with van der Waals surface area (Å²) in [4.78, 5) is 15.6. The van der Waals surface area contributed by atoms with Crippen LogP contribution in [0.1, 0.15) is 143 Å². The van der Waals surface area contributed by atoms with Gasteiger partial charge in [-0.15, -0.1) is 0 Å². The van der Waals surface area contributed by atoms with Crippen molar-refractivity contribution in [2.45, 2.75) is 114 Å². The van der Waals surface area contributed by atoms with E-state index in [0.29, 0.717) is 23.7 Å². The van der Waals surface area contributed by atoms with E-state index in [1.165, 1.54) is 33.4 Å². The number of aryl methyl sites for hydroxylation is 3. The Morgan fingerprint density at radius 2 is 0.721 bits per heavy atom. The maximum atomic E-state index is 5.24. The maximum absolute atomic E-state index is 5.24. The van der Waals surface area contributed by atoms with Crippen LogP contribution in [0.25, 0.3) is 0 Å². The molecule has 0 saturated carbocycles. The van der Waals surface area contributed by atoms with E-state index in [1.54, 1.807) is 0 Å². The van der Waals surface area contributed by atoms with Crippen LogP contribution in [-0.2, 0) is 18.6 Å². The van der Waals surface area contributed by atoms with Gasteiger partial charge in [-0.2, -0.15) is 0 Å². The smallest absolute Gasteiger partial charge is 0.0852 e. The predicted octanol–water partition coefficient (Wildman–Crippen LogP) is 1.79. The molecule has 0 aliphatic rings. The first-order valence-corrected chi connectivity index (χ1v) is 14.6. The van der Waals surface area contributed by atoms with Gasteiger partial charge in [0.25, 0.3) is 0 Å². The third-order valence-corrected chi connectivity index (χ3v) is 7.38. The Bertz CT molecular complexity index is 1260. The molecule has 43 heavy (non-hydrogen) atoms. The van der Waals surface area contributed by atoms with E-state index in [2.05, 4.69) is 126 Å². The average Bonchev–Trinajstić information content (AvgIpc) is 2.84. The van der Waals surface area contributed by atoms with Gasteiger partial charge < -0.3 is 37.2 Å². The van der Waals surface area contributed by atoms with Crippen LogP contribution >= 0.6 is 0 Å². The van der Waals surface area contributed by atoms with Crippen molar-refractivity contribution in [2.75, 3.05) is 0 Å². The van der Waals surface area contributed by atoms with Gasteiger partial charge in [-0.25, -0.2) is 4.98 Å². The molecule has 0 N–H and O–H groups in total. The number of pyridine rings is 1. The molecule has 0 amide bonds. The van der Waals surface area contributed by atoms with Crippen molar-refractivity contribution in [2.24, 2.45) is 9.98 Å². The summed E-state index contributed by atoms with van der Waals surface area (Å²) in [5.41, 5.74) is 14.8. The Labute approximate surface area is 292 Å². The Hall–Kier alpha value is -1.62. The quantitative estimate of drug-likeness (QED) is 0.335. The Kier molecular flexibility index (Phi) is 18.6. The van der Waals surface area contributed by atoms with Gasteiger partial charge in [0.2, 0.25) is 0 Å². The number of halogens is 3. The second-order valence-corrected chi connectivity index (χ2v) is 12.5. The van der Waals surface area contributed by atoms with Crippen molar-refractivity contribution in [1.29, 1.82) is 0 Å². The van der Waals surface area contributed by atoms with Crippen LogP contribution < -0.4 is 37.2 Å². The summed E-state index contributed by atoms with van der Waals surface area (Å²) in [6.45, 7) is 28.6. The molecule has 0 spiro atoms. The molecule has 1 aromatic heterocycles. The van der Waals surface area contributed by atoms with E-state index < -0.39 is 0 Å². The Morgan fingerprint density at radius 3 is 0.953 bits per heavy atom. The van der Waals surface area contributed by atoms with Crippen LogP contribution in [0, 0.1) is 20.8 Å². The third kappa shape index (κ3) is 10.8. The first kappa shape index (κ1) is 43.5. The monoisotopic (exact) mass is 679 g/mol. The molecule has 0 saturated heterocycles. The fourth-order valence-electron chi connectivity index (χ4n) is 5.18. The molecular formula is C36H49Cl3N3V-3. The van der Waals surface area contributed by atoms with E-state index in [1.807, 2.05) is 0 Å². The summed E-state index contributed by atoms with van der Waals surface area (Å²) < 4.78 is 0. The van der Waals surface area contributed by atoms with Crippen molar-refractivity contribution in [3.05, 3.63) is 86.7 Å². The first-order valence-electron chi connectivity index (χ1n) is 14.6. The van der Waals surface area contributed by atoms with E-state index in [-0.39, 0.29) is 55.8 Å². The molecule has 0 bridgehead atoms. The van der Waals surface area contributed by atoms with Crippen LogP contribution in [0.2, 0.25) is 0 Å². The van der Waals surface area contributed by atoms with E-state index in [0.717, 1.165) is 39.7 Å². The van der Waals surface area contributed by atoms with E-state index in [9.17, 15) is 0 Å². The summed E-state index contributed by atoms with van der Waals surface area (Å²) in [5.74, 6) is 1.57. The molecule has 0 aliphatic carbocycles. The van der Waals surface area contributed by atoms with Gasteiger partial charge in [-0.1, -0.05) is 90.8 Å². The zero-order chi connectivity index (χ0) is 29.2. The summed E-state index contributed by atoms with van der Waals surface area (Å²) in [6, 6.07) is 13.4. The molecule has 237 valence electrons. The molecule has 1 heterocycles. The molecule has 3 aromatic rings. The summed E-state index contributed by atoms with van der Waals surface area (Å²) in [5, 5.41) is 0. The van der Waals surface area contributed by atoms with Crippen molar-refractivity contribution in [3.63, 3.8) is 0 Å². The standard InChI is InChI=1S/C36H49N3.3ClH.V/c1-20(2)29-14-24(9)15-30(21(3)4)35(29)37-27(12)33-18-26(11)19-34(39-33)28(13)38-36-31(22(5)6)16-25(10)17-32(36)23(7)8;;;;/h14-23H,1-13H3;3*1H;/p-3.